The maximum atomic E-state index is 5.99. The average Bonchev–Trinajstić information content (AvgIpc) is 2.30. The first kappa shape index (κ1) is 12.2. The van der Waals surface area contributed by atoms with Crippen LogP contribution in [0.15, 0.2) is 0 Å². The predicted octanol–water partition coefficient (Wildman–Crippen LogP) is -0.957. The third-order valence-corrected chi connectivity index (χ3v) is 3.22. The summed E-state index contributed by atoms with van der Waals surface area (Å²) in [5.74, 6) is 5.73. The molecule has 2 aliphatic rings. The Labute approximate surface area is 95.8 Å². The number of nitrogens with two attached hydrogens (primary N) is 2. The molecule has 6 nitrogen and oxygen atoms in total. The Morgan fingerprint density at radius 1 is 1.31 bits per heavy atom. The minimum atomic E-state index is -0.291. The zero-order valence-electron chi connectivity index (χ0n) is 9.56. The van der Waals surface area contributed by atoms with E-state index in [-0.39, 0.29) is 11.9 Å². The van der Waals surface area contributed by atoms with Gasteiger partial charge in [0, 0.05) is 39.1 Å². The normalized spacial score (nSPS) is 31.5. The van der Waals surface area contributed by atoms with Crippen molar-refractivity contribution in [2.45, 2.75) is 24.7 Å². The molecule has 1 atom stereocenters. The van der Waals surface area contributed by atoms with Crippen molar-refractivity contribution in [2.75, 3.05) is 39.5 Å². The quantitative estimate of drug-likeness (QED) is 0.609. The standard InChI is InChI=1S/C10H21N3O3/c11-8-10(1-4-14-5-2-10)16-9-7-13(12)3-6-15-9/h9H,1-8,11-12H2. The highest BCUT2D eigenvalue weighted by molar-refractivity contribution is 4.85. The molecule has 0 saturated carbocycles. The number of hydrogen-bond acceptors (Lipinski definition) is 6. The summed E-state index contributed by atoms with van der Waals surface area (Å²) in [4.78, 5) is 0. The molecule has 2 saturated heterocycles. The van der Waals surface area contributed by atoms with Crippen LogP contribution in [0.3, 0.4) is 0 Å². The van der Waals surface area contributed by atoms with E-state index in [1.54, 1.807) is 5.01 Å². The molecule has 2 rings (SSSR count). The van der Waals surface area contributed by atoms with E-state index < -0.39 is 0 Å². The van der Waals surface area contributed by atoms with Crippen LogP contribution in [-0.2, 0) is 14.2 Å². The first-order chi connectivity index (χ1) is 7.74. The van der Waals surface area contributed by atoms with E-state index in [0.717, 1.165) is 19.4 Å². The van der Waals surface area contributed by atoms with Crippen LogP contribution < -0.4 is 11.6 Å². The molecule has 2 fully saturated rings. The zero-order chi connectivity index (χ0) is 11.4. The van der Waals surface area contributed by atoms with E-state index in [1.807, 2.05) is 0 Å². The van der Waals surface area contributed by atoms with Gasteiger partial charge in [-0.15, -0.1) is 0 Å². The average molecular weight is 231 g/mol. The van der Waals surface area contributed by atoms with Gasteiger partial charge in [-0.2, -0.15) is 0 Å². The number of hydrogen-bond donors (Lipinski definition) is 2. The summed E-state index contributed by atoms with van der Waals surface area (Å²) in [6, 6.07) is 0. The van der Waals surface area contributed by atoms with Gasteiger partial charge in [-0.25, -0.2) is 5.01 Å². The van der Waals surface area contributed by atoms with Gasteiger partial charge < -0.3 is 19.9 Å². The molecule has 0 aliphatic carbocycles. The number of ether oxygens (including phenoxy) is 3. The summed E-state index contributed by atoms with van der Waals surface area (Å²) in [7, 11) is 0. The van der Waals surface area contributed by atoms with Gasteiger partial charge in [-0.3, -0.25) is 5.84 Å². The van der Waals surface area contributed by atoms with Crippen LogP contribution in [0.4, 0.5) is 0 Å². The zero-order valence-corrected chi connectivity index (χ0v) is 9.56. The summed E-state index contributed by atoms with van der Waals surface area (Å²) in [6.07, 6.45) is 1.39. The highest BCUT2D eigenvalue weighted by Gasteiger charge is 2.36. The summed E-state index contributed by atoms with van der Waals surface area (Å²) >= 11 is 0. The molecule has 2 heterocycles. The van der Waals surface area contributed by atoms with Crippen molar-refractivity contribution < 1.29 is 14.2 Å². The van der Waals surface area contributed by atoms with Gasteiger partial charge in [-0.1, -0.05) is 0 Å². The van der Waals surface area contributed by atoms with Crippen molar-refractivity contribution in [3.63, 3.8) is 0 Å². The monoisotopic (exact) mass is 231 g/mol. The Kier molecular flexibility index (Phi) is 4.12. The van der Waals surface area contributed by atoms with E-state index in [9.17, 15) is 0 Å². The smallest absolute Gasteiger partial charge is 0.172 e. The van der Waals surface area contributed by atoms with Crippen molar-refractivity contribution in [3.05, 3.63) is 0 Å². The predicted molar refractivity (Wildman–Crippen MR) is 58.4 cm³/mol. The molecular formula is C10H21N3O3. The van der Waals surface area contributed by atoms with Gasteiger partial charge in [0.25, 0.3) is 0 Å². The van der Waals surface area contributed by atoms with E-state index in [1.165, 1.54) is 0 Å². The Hall–Kier alpha value is -0.240. The number of rotatable bonds is 3. The fraction of sp³-hybridized carbons (Fsp3) is 1.00. The minimum Gasteiger partial charge on any atom is -0.381 e. The Morgan fingerprint density at radius 2 is 2.06 bits per heavy atom. The first-order valence-corrected chi connectivity index (χ1v) is 5.81. The minimum absolute atomic E-state index is 0.264. The highest BCUT2D eigenvalue weighted by Crippen LogP contribution is 2.26. The maximum absolute atomic E-state index is 5.99. The molecule has 0 radical (unpaired) electrons. The van der Waals surface area contributed by atoms with Gasteiger partial charge in [-0.05, 0) is 0 Å². The summed E-state index contributed by atoms with van der Waals surface area (Å²) in [6.45, 7) is 3.87. The molecule has 0 spiro atoms. The van der Waals surface area contributed by atoms with Crippen molar-refractivity contribution in [1.82, 2.24) is 5.01 Å². The van der Waals surface area contributed by atoms with E-state index >= 15 is 0 Å². The SMILES string of the molecule is NCC1(OC2CN(N)CCO2)CCOCC1. The molecule has 0 aromatic carbocycles. The Balaban J connectivity index is 1.89. The lowest BCUT2D eigenvalue weighted by Crippen LogP contribution is -2.54. The second kappa shape index (κ2) is 5.39. The molecule has 6 heteroatoms. The molecule has 2 aliphatic heterocycles. The van der Waals surface area contributed by atoms with Gasteiger partial charge in [0.1, 0.15) is 0 Å². The maximum Gasteiger partial charge on any atom is 0.172 e. The summed E-state index contributed by atoms with van der Waals surface area (Å²) in [5, 5.41) is 1.72. The summed E-state index contributed by atoms with van der Waals surface area (Å²) < 4.78 is 16.9. The number of nitrogens with zero attached hydrogens (tertiary/aromatic N) is 1. The van der Waals surface area contributed by atoms with Gasteiger partial charge >= 0.3 is 0 Å². The van der Waals surface area contributed by atoms with Gasteiger partial charge in [0.15, 0.2) is 6.29 Å². The lowest BCUT2D eigenvalue weighted by molar-refractivity contribution is -0.248. The first-order valence-electron chi connectivity index (χ1n) is 5.81. The molecule has 94 valence electrons. The van der Waals surface area contributed by atoms with E-state index in [4.69, 9.17) is 25.8 Å². The van der Waals surface area contributed by atoms with Gasteiger partial charge in [0.2, 0.25) is 0 Å². The molecule has 0 bridgehead atoms. The largest absolute Gasteiger partial charge is 0.381 e. The van der Waals surface area contributed by atoms with Crippen molar-refractivity contribution in [3.8, 4) is 0 Å². The third kappa shape index (κ3) is 2.91. The highest BCUT2D eigenvalue weighted by atomic mass is 16.7. The molecule has 4 N–H and O–H groups in total. The number of hydrazine groups is 1. The lowest BCUT2D eigenvalue weighted by atomic mass is 9.94. The van der Waals surface area contributed by atoms with Crippen molar-refractivity contribution >= 4 is 0 Å². The van der Waals surface area contributed by atoms with Crippen LogP contribution in [0, 0.1) is 0 Å². The van der Waals surface area contributed by atoms with Crippen LogP contribution in [0.25, 0.3) is 0 Å². The molecule has 0 aromatic rings. The molecular weight excluding hydrogens is 210 g/mol. The molecule has 1 unspecified atom stereocenters. The van der Waals surface area contributed by atoms with Crippen LogP contribution in [-0.4, -0.2) is 56.4 Å². The second-order valence-electron chi connectivity index (χ2n) is 4.41. The molecule has 0 aromatic heterocycles. The van der Waals surface area contributed by atoms with E-state index in [0.29, 0.717) is 32.9 Å². The Morgan fingerprint density at radius 3 is 2.69 bits per heavy atom. The second-order valence-corrected chi connectivity index (χ2v) is 4.41. The fourth-order valence-electron chi connectivity index (χ4n) is 2.10. The summed E-state index contributed by atoms with van der Waals surface area (Å²) in [5.41, 5.74) is 5.52. The molecule has 16 heavy (non-hydrogen) atoms. The molecule has 0 amide bonds. The van der Waals surface area contributed by atoms with E-state index in [2.05, 4.69) is 0 Å². The van der Waals surface area contributed by atoms with Gasteiger partial charge in [0.05, 0.1) is 18.8 Å². The van der Waals surface area contributed by atoms with Crippen LogP contribution in [0.1, 0.15) is 12.8 Å². The van der Waals surface area contributed by atoms with Crippen LogP contribution in [0.2, 0.25) is 0 Å². The van der Waals surface area contributed by atoms with Crippen LogP contribution in [0.5, 0.6) is 0 Å². The lowest BCUT2D eigenvalue weighted by Gasteiger charge is -2.41. The van der Waals surface area contributed by atoms with Crippen LogP contribution >= 0.6 is 0 Å². The Bertz CT molecular complexity index is 221. The third-order valence-electron chi connectivity index (χ3n) is 3.22. The number of morpholine rings is 1. The fourth-order valence-corrected chi connectivity index (χ4v) is 2.10. The van der Waals surface area contributed by atoms with Crippen molar-refractivity contribution in [2.24, 2.45) is 11.6 Å². The van der Waals surface area contributed by atoms with Crippen molar-refractivity contribution in [1.29, 1.82) is 0 Å². The topological polar surface area (TPSA) is 83.0 Å².